The van der Waals surface area contributed by atoms with E-state index in [1.807, 2.05) is 0 Å². The van der Waals surface area contributed by atoms with Crippen LogP contribution < -0.4 is 10.3 Å². The molecule has 0 aliphatic carbocycles. The van der Waals surface area contributed by atoms with Gasteiger partial charge in [0.1, 0.15) is 0 Å². The number of H-pyrrole nitrogens is 1. The zero-order chi connectivity index (χ0) is 16.3. The van der Waals surface area contributed by atoms with Crippen LogP contribution in [0.1, 0.15) is 27.2 Å². The Morgan fingerprint density at radius 3 is 2.68 bits per heavy atom. The highest BCUT2D eigenvalue weighted by Gasteiger charge is 2.12. The minimum atomic E-state index is -0.416. The van der Waals surface area contributed by atoms with Crippen molar-refractivity contribution in [1.29, 1.82) is 0 Å². The normalized spacial score (nSPS) is 10.9. The number of nitrogens with one attached hydrogen (secondary N) is 1. The van der Waals surface area contributed by atoms with Crippen molar-refractivity contribution in [2.75, 3.05) is 7.11 Å². The third-order valence-electron chi connectivity index (χ3n) is 3.28. The van der Waals surface area contributed by atoms with Gasteiger partial charge in [-0.25, -0.2) is 0 Å². The molecule has 0 saturated carbocycles. The van der Waals surface area contributed by atoms with Crippen molar-refractivity contribution in [3.8, 4) is 11.5 Å². The summed E-state index contributed by atoms with van der Waals surface area (Å²) in [6.07, 6.45) is 2.72. The second kappa shape index (κ2) is 6.30. The van der Waals surface area contributed by atoms with Crippen LogP contribution in [-0.2, 0) is 0 Å². The van der Waals surface area contributed by atoms with Gasteiger partial charge in [-0.1, -0.05) is 12.1 Å². The van der Waals surface area contributed by atoms with Gasteiger partial charge in [0.15, 0.2) is 17.3 Å². The highest BCUT2D eigenvalue weighted by atomic mass is 16.5. The van der Waals surface area contributed by atoms with Crippen molar-refractivity contribution in [2.45, 2.75) is 13.8 Å². The molecule has 22 heavy (non-hydrogen) atoms. The van der Waals surface area contributed by atoms with Crippen molar-refractivity contribution in [2.24, 2.45) is 0 Å². The zero-order valence-electron chi connectivity index (χ0n) is 12.6. The van der Waals surface area contributed by atoms with E-state index in [2.05, 4.69) is 4.98 Å². The van der Waals surface area contributed by atoms with E-state index in [1.54, 1.807) is 38.1 Å². The Labute approximate surface area is 127 Å². The smallest absolute Gasteiger partial charge is 0.259 e. The molecule has 0 aliphatic rings. The molecule has 1 heterocycles. The number of benzene rings is 1. The number of phenols is 1. The summed E-state index contributed by atoms with van der Waals surface area (Å²) < 4.78 is 5.00. The third kappa shape index (κ3) is 3.09. The second-order valence-corrected chi connectivity index (χ2v) is 4.94. The first-order valence-corrected chi connectivity index (χ1v) is 6.73. The summed E-state index contributed by atoms with van der Waals surface area (Å²) in [5.74, 6) is -0.150. The van der Waals surface area contributed by atoms with E-state index in [9.17, 15) is 14.7 Å². The van der Waals surface area contributed by atoms with E-state index in [1.165, 1.54) is 19.3 Å². The molecule has 5 nitrogen and oxygen atoms in total. The summed E-state index contributed by atoms with van der Waals surface area (Å²) in [5.41, 5.74) is 1.44. The fourth-order valence-electron chi connectivity index (χ4n) is 2.25. The largest absolute Gasteiger partial charge is 0.504 e. The second-order valence-electron chi connectivity index (χ2n) is 4.94. The minimum Gasteiger partial charge on any atom is -0.504 e. The summed E-state index contributed by atoms with van der Waals surface area (Å²) in [5, 5.41) is 9.96. The molecule has 1 aromatic heterocycles. The average Bonchev–Trinajstić information content (AvgIpc) is 2.45. The number of carbonyl (C=O) groups is 1. The van der Waals surface area contributed by atoms with Gasteiger partial charge in [-0.2, -0.15) is 0 Å². The molecule has 5 heteroatoms. The molecule has 0 amide bonds. The number of methoxy groups -OCH3 is 1. The van der Waals surface area contributed by atoms with Crippen LogP contribution in [0.15, 0.2) is 35.1 Å². The van der Waals surface area contributed by atoms with E-state index in [0.717, 1.165) is 0 Å². The molecule has 0 bridgehead atoms. The number of ketones is 1. The molecule has 0 fully saturated rings. The van der Waals surface area contributed by atoms with Crippen LogP contribution in [0.3, 0.4) is 0 Å². The Hall–Kier alpha value is -2.82. The van der Waals surface area contributed by atoms with E-state index in [0.29, 0.717) is 22.6 Å². The van der Waals surface area contributed by atoms with Crippen LogP contribution in [0.5, 0.6) is 11.5 Å². The molecule has 0 spiro atoms. The van der Waals surface area contributed by atoms with Crippen LogP contribution in [0.25, 0.3) is 6.08 Å². The number of aryl methyl sites for hydroxylation is 2. The van der Waals surface area contributed by atoms with Crippen molar-refractivity contribution in [3.63, 3.8) is 0 Å². The molecule has 2 aromatic rings. The first-order chi connectivity index (χ1) is 10.4. The average molecular weight is 299 g/mol. The first-order valence-electron chi connectivity index (χ1n) is 6.73. The molecule has 114 valence electrons. The molecule has 0 saturated heterocycles. The molecule has 0 atom stereocenters. The van der Waals surface area contributed by atoms with Gasteiger partial charge >= 0.3 is 0 Å². The number of hydrogen-bond acceptors (Lipinski definition) is 4. The van der Waals surface area contributed by atoms with Gasteiger partial charge in [-0.05, 0) is 43.7 Å². The molecule has 0 radical (unpaired) electrons. The van der Waals surface area contributed by atoms with Crippen molar-refractivity contribution in [3.05, 3.63) is 63.1 Å². The topological polar surface area (TPSA) is 79.4 Å². The minimum absolute atomic E-state index is 0.0522. The highest BCUT2D eigenvalue weighted by Crippen LogP contribution is 2.30. The molecule has 2 rings (SSSR count). The van der Waals surface area contributed by atoms with Crippen molar-refractivity contribution in [1.82, 2.24) is 4.98 Å². The molecule has 1 aromatic carbocycles. The maximum Gasteiger partial charge on any atom is 0.259 e. The number of pyridine rings is 1. The molecule has 0 unspecified atom stereocenters. The summed E-state index contributed by atoms with van der Waals surface area (Å²) in [7, 11) is 1.45. The van der Waals surface area contributed by atoms with Gasteiger partial charge in [0.25, 0.3) is 5.56 Å². The standard InChI is InChI=1S/C17H17NO4/c1-10-9-11(2)18-17(21)15(10)13(19)8-7-12-5-4-6-14(22-3)16(12)20/h4-9,20H,1-3H3,(H,18,21)/b8-7+. The zero-order valence-corrected chi connectivity index (χ0v) is 12.6. The van der Waals surface area contributed by atoms with Gasteiger partial charge in [0, 0.05) is 11.3 Å². The molecular weight excluding hydrogens is 282 g/mol. The van der Waals surface area contributed by atoms with Crippen LogP contribution >= 0.6 is 0 Å². The lowest BCUT2D eigenvalue weighted by molar-refractivity contribution is 0.104. The molecular formula is C17H17NO4. The number of para-hydroxylation sites is 1. The molecule has 2 N–H and O–H groups in total. The van der Waals surface area contributed by atoms with Crippen LogP contribution in [0.2, 0.25) is 0 Å². The number of aromatic nitrogens is 1. The Morgan fingerprint density at radius 2 is 2.05 bits per heavy atom. The predicted molar refractivity (Wildman–Crippen MR) is 84.6 cm³/mol. The number of phenolic OH excluding ortho intramolecular Hbond substituents is 1. The van der Waals surface area contributed by atoms with Gasteiger partial charge in [-0.15, -0.1) is 0 Å². The van der Waals surface area contributed by atoms with Crippen LogP contribution in [-0.4, -0.2) is 23.0 Å². The van der Waals surface area contributed by atoms with Gasteiger partial charge < -0.3 is 14.8 Å². The number of hydrogen-bond donors (Lipinski definition) is 2. The van der Waals surface area contributed by atoms with E-state index < -0.39 is 11.3 Å². The maximum absolute atomic E-state index is 12.2. The lowest BCUT2D eigenvalue weighted by Crippen LogP contribution is -2.19. The Morgan fingerprint density at radius 1 is 1.32 bits per heavy atom. The number of aromatic hydroxyl groups is 1. The predicted octanol–water partition coefficient (Wildman–Crippen LogP) is 2.60. The summed E-state index contributed by atoms with van der Waals surface area (Å²) in [6, 6.07) is 6.70. The monoisotopic (exact) mass is 299 g/mol. The van der Waals surface area contributed by atoms with Crippen LogP contribution in [0, 0.1) is 13.8 Å². The summed E-state index contributed by atoms with van der Waals surface area (Å²) in [4.78, 5) is 26.7. The van der Waals surface area contributed by atoms with Crippen molar-refractivity contribution < 1.29 is 14.6 Å². The number of rotatable bonds is 4. The number of ether oxygens (including phenoxy) is 1. The summed E-state index contributed by atoms with van der Waals surface area (Å²) >= 11 is 0. The van der Waals surface area contributed by atoms with E-state index in [-0.39, 0.29) is 11.3 Å². The van der Waals surface area contributed by atoms with Crippen molar-refractivity contribution >= 4 is 11.9 Å². The Kier molecular flexibility index (Phi) is 4.46. The fourth-order valence-corrected chi connectivity index (χ4v) is 2.25. The summed E-state index contributed by atoms with van der Waals surface area (Å²) in [6.45, 7) is 3.47. The maximum atomic E-state index is 12.2. The van der Waals surface area contributed by atoms with E-state index >= 15 is 0 Å². The third-order valence-corrected chi connectivity index (χ3v) is 3.28. The molecule has 0 aliphatic heterocycles. The highest BCUT2D eigenvalue weighted by molar-refractivity contribution is 6.07. The fraction of sp³-hybridized carbons (Fsp3) is 0.176. The SMILES string of the molecule is COc1cccc(/C=C/C(=O)c2c(C)cc(C)[nH]c2=O)c1O. The van der Waals surface area contributed by atoms with E-state index in [4.69, 9.17) is 4.74 Å². The van der Waals surface area contributed by atoms with Gasteiger partial charge in [0.05, 0.1) is 12.7 Å². The Bertz CT molecular complexity index is 803. The first kappa shape index (κ1) is 15.6. The number of aromatic amines is 1. The van der Waals surface area contributed by atoms with Crippen LogP contribution in [0.4, 0.5) is 0 Å². The number of allylic oxidation sites excluding steroid dienone is 1. The quantitative estimate of drug-likeness (QED) is 0.672. The Balaban J connectivity index is 2.36. The van der Waals surface area contributed by atoms with Gasteiger partial charge in [-0.3, -0.25) is 9.59 Å². The number of carbonyl (C=O) groups excluding carboxylic acids is 1. The van der Waals surface area contributed by atoms with Gasteiger partial charge in [0.2, 0.25) is 0 Å². The lowest BCUT2D eigenvalue weighted by atomic mass is 10.0. The lowest BCUT2D eigenvalue weighted by Gasteiger charge is -2.05.